The third-order valence-electron chi connectivity index (χ3n) is 3.16. The average molecular weight is 279 g/mol. The van der Waals surface area contributed by atoms with Crippen molar-refractivity contribution in [3.8, 4) is 0 Å². The molecule has 0 spiro atoms. The van der Waals surface area contributed by atoms with Crippen LogP contribution in [0.2, 0.25) is 5.02 Å². The van der Waals surface area contributed by atoms with E-state index in [1.54, 1.807) is 0 Å². The molecular weight excluding hydrogens is 260 g/mol. The molecule has 0 fully saturated rings. The van der Waals surface area contributed by atoms with Gasteiger partial charge in [0.25, 0.3) is 5.91 Å². The zero-order valence-electron chi connectivity index (χ0n) is 11.5. The largest absolute Gasteiger partial charge is 0.350 e. The van der Waals surface area contributed by atoms with E-state index in [4.69, 9.17) is 11.6 Å². The number of nitrogens with one attached hydrogen (secondary N) is 2. The van der Waals surface area contributed by atoms with Crippen LogP contribution < -0.4 is 5.32 Å². The van der Waals surface area contributed by atoms with Gasteiger partial charge in [0, 0.05) is 21.5 Å². The number of amides is 1. The number of carbonyl (C=O) groups is 1. The fourth-order valence-electron chi connectivity index (χ4n) is 2.28. The number of aromatic amines is 1. The van der Waals surface area contributed by atoms with E-state index in [2.05, 4.69) is 17.2 Å². The van der Waals surface area contributed by atoms with Crippen molar-refractivity contribution in [2.45, 2.75) is 39.2 Å². The summed E-state index contributed by atoms with van der Waals surface area (Å²) in [6, 6.07) is 7.40. The van der Waals surface area contributed by atoms with E-state index in [9.17, 15) is 4.79 Å². The molecule has 0 unspecified atom stereocenters. The Morgan fingerprint density at radius 2 is 2.11 bits per heavy atom. The van der Waals surface area contributed by atoms with E-state index >= 15 is 0 Å². The first-order chi connectivity index (χ1) is 8.91. The van der Waals surface area contributed by atoms with Gasteiger partial charge in [0.2, 0.25) is 0 Å². The smallest absolute Gasteiger partial charge is 0.268 e. The quantitative estimate of drug-likeness (QED) is 0.868. The van der Waals surface area contributed by atoms with Crippen LogP contribution in [0, 0.1) is 0 Å². The number of halogens is 1. The van der Waals surface area contributed by atoms with Crippen LogP contribution in [0.1, 0.15) is 44.1 Å². The minimum atomic E-state index is -0.194. The van der Waals surface area contributed by atoms with E-state index in [0.717, 1.165) is 23.7 Å². The Hall–Kier alpha value is -1.48. The monoisotopic (exact) mass is 278 g/mol. The highest BCUT2D eigenvalue weighted by Gasteiger charge is 2.21. The van der Waals surface area contributed by atoms with E-state index in [1.165, 1.54) is 0 Å². The molecule has 0 aliphatic carbocycles. The van der Waals surface area contributed by atoms with Crippen molar-refractivity contribution in [2.24, 2.45) is 0 Å². The van der Waals surface area contributed by atoms with E-state index in [0.29, 0.717) is 10.7 Å². The summed E-state index contributed by atoms with van der Waals surface area (Å²) in [6.07, 6.45) is 1.99. The second-order valence-electron chi connectivity index (χ2n) is 5.50. The van der Waals surface area contributed by atoms with Gasteiger partial charge in [-0.15, -0.1) is 0 Å². The van der Waals surface area contributed by atoms with Gasteiger partial charge in [-0.2, -0.15) is 0 Å². The number of aromatic nitrogens is 1. The maximum Gasteiger partial charge on any atom is 0.268 e. The first-order valence-corrected chi connectivity index (χ1v) is 6.90. The Kier molecular flexibility index (Phi) is 3.85. The second kappa shape index (κ2) is 5.25. The molecule has 0 aliphatic rings. The Bertz CT molecular complexity index is 601. The molecule has 3 nitrogen and oxygen atoms in total. The Balaban J connectivity index is 2.22. The molecule has 1 aromatic carbocycles. The maximum atomic E-state index is 12.2. The number of fused-ring (bicyclic) bond motifs is 1. The molecule has 1 amide bonds. The van der Waals surface area contributed by atoms with Gasteiger partial charge in [-0.25, -0.2) is 0 Å². The Morgan fingerprint density at radius 3 is 2.79 bits per heavy atom. The SMILES string of the molecule is CCCC(C)(C)NC(=O)c1cc2ccc(Cl)cc2[nH]1. The van der Waals surface area contributed by atoms with Crippen molar-refractivity contribution in [1.82, 2.24) is 10.3 Å². The number of carbonyl (C=O) groups excluding carboxylic acids is 1. The van der Waals surface area contributed by atoms with Gasteiger partial charge in [-0.05, 0) is 38.5 Å². The lowest BCUT2D eigenvalue weighted by atomic mass is 9.99. The molecule has 1 heterocycles. The molecule has 0 aliphatic heterocycles. The van der Waals surface area contributed by atoms with Crippen LogP contribution in [0.25, 0.3) is 10.9 Å². The van der Waals surface area contributed by atoms with Crippen molar-refractivity contribution < 1.29 is 4.79 Å². The zero-order chi connectivity index (χ0) is 14.0. The van der Waals surface area contributed by atoms with Crippen molar-refractivity contribution >= 4 is 28.4 Å². The van der Waals surface area contributed by atoms with Crippen LogP contribution in [0.4, 0.5) is 0 Å². The van der Waals surface area contributed by atoms with Gasteiger partial charge in [-0.3, -0.25) is 4.79 Å². The minimum absolute atomic E-state index is 0.0780. The second-order valence-corrected chi connectivity index (χ2v) is 5.94. The molecule has 0 atom stereocenters. The van der Waals surface area contributed by atoms with Gasteiger partial charge in [0.05, 0.1) is 0 Å². The molecular formula is C15H19ClN2O. The zero-order valence-corrected chi connectivity index (χ0v) is 12.3. The molecule has 4 heteroatoms. The first kappa shape index (κ1) is 13.9. The van der Waals surface area contributed by atoms with Gasteiger partial charge >= 0.3 is 0 Å². The molecule has 2 rings (SSSR count). The highest BCUT2D eigenvalue weighted by molar-refractivity contribution is 6.31. The Labute approximate surface area is 118 Å². The number of benzene rings is 1. The molecule has 0 saturated heterocycles. The summed E-state index contributed by atoms with van der Waals surface area (Å²) >= 11 is 5.93. The number of hydrogen-bond donors (Lipinski definition) is 2. The molecule has 102 valence electrons. The molecule has 2 aromatic rings. The minimum Gasteiger partial charge on any atom is -0.350 e. The fourth-order valence-corrected chi connectivity index (χ4v) is 2.46. The van der Waals surface area contributed by atoms with Crippen molar-refractivity contribution in [2.75, 3.05) is 0 Å². The topological polar surface area (TPSA) is 44.9 Å². The van der Waals surface area contributed by atoms with Crippen LogP contribution in [-0.4, -0.2) is 16.4 Å². The van der Waals surface area contributed by atoms with Crippen LogP contribution in [0.5, 0.6) is 0 Å². The van der Waals surface area contributed by atoms with Gasteiger partial charge in [0.1, 0.15) is 5.69 Å². The van der Waals surface area contributed by atoms with E-state index in [1.807, 2.05) is 38.1 Å². The standard InChI is InChI=1S/C15H19ClN2O/c1-4-7-15(2,3)18-14(19)13-8-10-5-6-11(16)9-12(10)17-13/h5-6,8-9,17H,4,7H2,1-3H3,(H,18,19). The molecule has 0 radical (unpaired) electrons. The first-order valence-electron chi connectivity index (χ1n) is 6.52. The highest BCUT2D eigenvalue weighted by Crippen LogP contribution is 2.20. The highest BCUT2D eigenvalue weighted by atomic mass is 35.5. The van der Waals surface area contributed by atoms with Crippen LogP contribution >= 0.6 is 11.6 Å². The maximum absolute atomic E-state index is 12.2. The van der Waals surface area contributed by atoms with Crippen molar-refractivity contribution in [1.29, 1.82) is 0 Å². The van der Waals surface area contributed by atoms with Gasteiger partial charge in [0.15, 0.2) is 0 Å². The number of hydrogen-bond acceptors (Lipinski definition) is 1. The molecule has 2 N–H and O–H groups in total. The third-order valence-corrected chi connectivity index (χ3v) is 3.39. The lowest BCUT2D eigenvalue weighted by Gasteiger charge is -2.25. The summed E-state index contributed by atoms with van der Waals surface area (Å²) in [6.45, 7) is 6.18. The van der Waals surface area contributed by atoms with Crippen molar-refractivity contribution in [3.05, 3.63) is 35.0 Å². The van der Waals surface area contributed by atoms with E-state index in [-0.39, 0.29) is 11.4 Å². The predicted molar refractivity (Wildman–Crippen MR) is 79.8 cm³/mol. The average Bonchev–Trinajstić information content (AvgIpc) is 2.71. The summed E-state index contributed by atoms with van der Waals surface area (Å²) < 4.78 is 0. The normalized spacial score (nSPS) is 11.8. The number of rotatable bonds is 4. The molecule has 19 heavy (non-hydrogen) atoms. The summed E-state index contributed by atoms with van der Waals surface area (Å²) in [7, 11) is 0. The third kappa shape index (κ3) is 3.29. The molecule has 0 saturated carbocycles. The Morgan fingerprint density at radius 1 is 1.37 bits per heavy atom. The lowest BCUT2D eigenvalue weighted by Crippen LogP contribution is -2.43. The molecule has 0 bridgehead atoms. The summed E-state index contributed by atoms with van der Waals surface area (Å²) in [4.78, 5) is 15.3. The number of H-pyrrole nitrogens is 1. The van der Waals surface area contributed by atoms with Crippen LogP contribution in [-0.2, 0) is 0 Å². The summed E-state index contributed by atoms with van der Waals surface area (Å²) in [5.74, 6) is -0.0780. The lowest BCUT2D eigenvalue weighted by molar-refractivity contribution is 0.0904. The van der Waals surface area contributed by atoms with Crippen LogP contribution in [0.15, 0.2) is 24.3 Å². The van der Waals surface area contributed by atoms with Gasteiger partial charge < -0.3 is 10.3 Å². The summed E-state index contributed by atoms with van der Waals surface area (Å²) in [5.41, 5.74) is 1.26. The predicted octanol–water partition coefficient (Wildman–Crippen LogP) is 4.13. The fraction of sp³-hybridized carbons (Fsp3) is 0.400. The van der Waals surface area contributed by atoms with Crippen LogP contribution in [0.3, 0.4) is 0 Å². The van der Waals surface area contributed by atoms with Crippen molar-refractivity contribution in [3.63, 3.8) is 0 Å². The summed E-state index contributed by atoms with van der Waals surface area (Å²) in [5, 5.41) is 4.69. The van der Waals surface area contributed by atoms with Gasteiger partial charge in [-0.1, -0.05) is 31.0 Å². The molecule has 1 aromatic heterocycles. The van der Waals surface area contributed by atoms with E-state index < -0.39 is 0 Å².